The van der Waals surface area contributed by atoms with Crippen LogP contribution in [0.15, 0.2) is 62.2 Å². The molecular weight excluding hydrogens is 807 g/mol. The molecule has 16 heteroatoms. The number of anilines is 1. The zero-order valence-corrected chi connectivity index (χ0v) is 33.2. The van der Waals surface area contributed by atoms with Gasteiger partial charge in [-0.1, -0.05) is 92.1 Å². The Bertz CT molecular complexity index is 1800. The molecule has 1 atom stereocenters. The van der Waals surface area contributed by atoms with Crippen molar-refractivity contribution in [3.05, 3.63) is 68.1 Å². The molecule has 0 spiro atoms. The van der Waals surface area contributed by atoms with Crippen LogP contribution in [0.5, 0.6) is 0 Å². The fourth-order valence-corrected chi connectivity index (χ4v) is 12.2. The molecule has 0 radical (unpaired) electrons. The van der Waals surface area contributed by atoms with Crippen molar-refractivity contribution in [3.63, 3.8) is 0 Å². The Hall–Kier alpha value is -1.78. The van der Waals surface area contributed by atoms with E-state index in [4.69, 9.17) is 23.2 Å². The van der Waals surface area contributed by atoms with E-state index in [1.165, 1.54) is 44.4 Å². The summed E-state index contributed by atoms with van der Waals surface area (Å²) in [6.07, 6.45) is 12.1. The number of pyridine rings is 1. The summed E-state index contributed by atoms with van der Waals surface area (Å²) in [6, 6.07) is 10.4. The topological polar surface area (TPSA) is 137 Å². The maximum atomic E-state index is 13.1. The number of aromatic nitrogens is 1. The fourth-order valence-electron chi connectivity index (χ4n) is 6.75. The first-order chi connectivity index (χ1) is 23.8. The minimum Gasteiger partial charge on any atom is -0.480 e. The monoisotopic (exact) mass is 848 g/mol. The molecule has 3 aromatic rings. The number of hydrogen-bond acceptors (Lipinski definition) is 8. The number of benzene rings is 1. The van der Waals surface area contributed by atoms with Gasteiger partial charge in [0.15, 0.2) is 0 Å². The van der Waals surface area contributed by atoms with Gasteiger partial charge in [-0.2, -0.15) is 9.03 Å². The molecule has 0 saturated carbocycles. The summed E-state index contributed by atoms with van der Waals surface area (Å²) < 4.78 is 57.3. The van der Waals surface area contributed by atoms with Crippen molar-refractivity contribution < 1.29 is 26.7 Å². The lowest BCUT2D eigenvalue weighted by Gasteiger charge is -2.33. The third-order valence-electron chi connectivity index (χ3n) is 9.66. The van der Waals surface area contributed by atoms with E-state index in [0.717, 1.165) is 56.5 Å². The van der Waals surface area contributed by atoms with Crippen molar-refractivity contribution in [2.75, 3.05) is 31.1 Å². The maximum absolute atomic E-state index is 13.1. The summed E-state index contributed by atoms with van der Waals surface area (Å²) in [7, 11) is -7.66. The van der Waals surface area contributed by atoms with Crippen LogP contribution in [0.2, 0.25) is 9.36 Å². The predicted octanol–water partition coefficient (Wildman–Crippen LogP) is 7.84. The number of halogens is 3. The van der Waals surface area contributed by atoms with E-state index in [-0.39, 0.29) is 16.3 Å². The first kappa shape index (κ1) is 39.4. The number of aliphatic carboxylic acids is 1. The predicted molar refractivity (Wildman–Crippen MR) is 202 cm³/mol. The maximum Gasteiger partial charge on any atom is 0.322 e. The average molecular weight is 851 g/mol. The van der Waals surface area contributed by atoms with Crippen LogP contribution in [0.3, 0.4) is 0 Å². The molecule has 0 bridgehead atoms. The number of hydrogen-bond donors (Lipinski definition) is 2. The van der Waals surface area contributed by atoms with Gasteiger partial charge in [0.1, 0.15) is 25.3 Å². The lowest BCUT2D eigenvalue weighted by Crippen LogP contribution is -2.42. The molecule has 1 aromatic carbocycles. The highest BCUT2D eigenvalue weighted by molar-refractivity contribution is 9.10. The highest BCUT2D eigenvalue weighted by atomic mass is 79.9. The number of nitrogens with one attached hydrogen (secondary N) is 1. The van der Waals surface area contributed by atoms with Crippen LogP contribution in [-0.2, 0) is 31.3 Å². The number of nitrogens with zero attached hydrogens (tertiary/aromatic N) is 3. The Morgan fingerprint density at radius 3 is 2.08 bits per heavy atom. The highest BCUT2D eigenvalue weighted by Crippen LogP contribution is 2.37. The van der Waals surface area contributed by atoms with Crippen LogP contribution in [-0.4, -0.2) is 69.4 Å². The molecule has 5 rings (SSSR count). The smallest absolute Gasteiger partial charge is 0.322 e. The van der Waals surface area contributed by atoms with Crippen molar-refractivity contribution in [3.8, 4) is 0 Å². The molecule has 2 aromatic heterocycles. The van der Waals surface area contributed by atoms with E-state index in [9.17, 15) is 26.7 Å². The minimum atomic E-state index is -4.17. The second-order valence-corrected chi connectivity index (χ2v) is 19.9. The summed E-state index contributed by atoms with van der Waals surface area (Å²) in [5.74, 6) is 0.457. The number of rotatable bonds is 16. The second kappa shape index (κ2) is 17.8. The number of piperidine rings is 2. The van der Waals surface area contributed by atoms with Crippen molar-refractivity contribution in [1.82, 2.24) is 14.0 Å². The van der Waals surface area contributed by atoms with Crippen LogP contribution < -0.4 is 9.62 Å². The van der Waals surface area contributed by atoms with Crippen molar-refractivity contribution in [2.45, 2.75) is 85.8 Å². The number of unbranched alkanes of at least 4 members (excludes halogenated alkanes) is 3. The first-order valence-corrected chi connectivity index (χ1v) is 22.3. The molecule has 1 unspecified atom stereocenters. The lowest BCUT2D eigenvalue weighted by molar-refractivity contribution is -0.138. The van der Waals surface area contributed by atoms with E-state index in [1.54, 1.807) is 40.7 Å². The third-order valence-corrected chi connectivity index (χ3v) is 16.2. The van der Waals surface area contributed by atoms with E-state index >= 15 is 0 Å². The van der Waals surface area contributed by atoms with Gasteiger partial charge < -0.3 is 10.0 Å². The number of thiophene rings is 1. The molecule has 0 amide bonds. The zero-order chi connectivity index (χ0) is 35.9. The molecule has 50 heavy (non-hydrogen) atoms. The standard InChI is InChI=1S/C34H43BrCl2N4O6S3/c35-28-22-31(48-32(28)37)50(46,47)41-18-14-25(15-19-41)9-5-2-1-4-8-24-12-16-40(17-13-24)33-29(36)21-27(23-38-33)49(44,45)39-30(34(42)43)20-26-10-6-3-7-11-26/h3,6-7,10-11,21-25,30,39H,1-2,4-5,8-9,12-20H2,(H,42,43). The van der Waals surface area contributed by atoms with E-state index in [0.29, 0.717) is 49.3 Å². The normalized spacial score (nSPS) is 17.6. The SMILES string of the molecule is O=C(O)C(Cc1ccccc1)NS(=O)(=O)c1cnc(N2CCC(CCCCCCC3CCN(S(=O)(=O)c4cc(Br)c(Cl)s4)CC3)CC2)c(Cl)c1. The molecular formula is C34H43BrCl2N4O6S3. The van der Waals surface area contributed by atoms with Gasteiger partial charge in [0, 0.05) is 36.8 Å². The van der Waals surface area contributed by atoms with Gasteiger partial charge in [0.2, 0.25) is 10.0 Å². The number of carboxylic acid groups (broad SMARTS) is 1. The molecule has 4 heterocycles. The molecule has 2 aliphatic rings. The number of carbonyl (C=O) groups is 1. The van der Waals surface area contributed by atoms with Crippen molar-refractivity contribution >= 4 is 82.3 Å². The quantitative estimate of drug-likeness (QED) is 0.139. The van der Waals surface area contributed by atoms with E-state index in [1.807, 2.05) is 0 Å². The zero-order valence-electron chi connectivity index (χ0n) is 27.6. The van der Waals surface area contributed by atoms with Gasteiger partial charge >= 0.3 is 5.97 Å². The molecule has 2 fully saturated rings. The molecule has 2 saturated heterocycles. The van der Waals surface area contributed by atoms with Gasteiger partial charge in [-0.15, -0.1) is 11.3 Å². The molecule has 274 valence electrons. The number of carboxylic acids is 1. The Labute approximate surface area is 317 Å². The van der Waals surface area contributed by atoms with Gasteiger partial charge in [-0.05, 0) is 77.6 Å². The molecule has 0 aliphatic carbocycles. The molecule has 10 nitrogen and oxygen atoms in total. The third kappa shape index (κ3) is 10.4. The van der Waals surface area contributed by atoms with Crippen molar-refractivity contribution in [2.24, 2.45) is 11.8 Å². The second-order valence-electron chi connectivity index (χ2n) is 13.1. The van der Waals surface area contributed by atoms with E-state index in [2.05, 4.69) is 30.5 Å². The summed E-state index contributed by atoms with van der Waals surface area (Å²) in [6.45, 7) is 2.68. The summed E-state index contributed by atoms with van der Waals surface area (Å²) in [4.78, 5) is 18.1. The number of sulfonamides is 2. The van der Waals surface area contributed by atoms with Crippen LogP contribution in [0.25, 0.3) is 0 Å². The van der Waals surface area contributed by atoms with Crippen molar-refractivity contribution in [1.29, 1.82) is 0 Å². The van der Waals surface area contributed by atoms with Crippen LogP contribution >= 0.6 is 50.5 Å². The lowest BCUT2D eigenvalue weighted by atomic mass is 9.89. The molecule has 2 aliphatic heterocycles. The van der Waals surface area contributed by atoms with Crippen LogP contribution in [0.4, 0.5) is 5.82 Å². The molecule has 2 N–H and O–H groups in total. The van der Waals surface area contributed by atoms with Crippen LogP contribution in [0.1, 0.15) is 69.8 Å². The van der Waals surface area contributed by atoms with Gasteiger partial charge in [-0.25, -0.2) is 21.8 Å². The highest BCUT2D eigenvalue weighted by Gasteiger charge is 2.31. The Morgan fingerprint density at radius 2 is 1.54 bits per heavy atom. The summed E-state index contributed by atoms with van der Waals surface area (Å²) >= 11 is 17.0. The Kier molecular flexibility index (Phi) is 14.1. The minimum absolute atomic E-state index is 0.00536. The van der Waals surface area contributed by atoms with Gasteiger partial charge in [0.05, 0.1) is 5.02 Å². The Morgan fingerprint density at radius 1 is 0.940 bits per heavy atom. The largest absolute Gasteiger partial charge is 0.480 e. The summed E-state index contributed by atoms with van der Waals surface area (Å²) in [5.41, 5.74) is 0.702. The fraction of sp³-hybridized carbons (Fsp3) is 0.529. The average Bonchev–Trinajstić information content (AvgIpc) is 3.45. The Balaban J connectivity index is 0.985. The first-order valence-electron chi connectivity index (χ1n) is 17.0. The van der Waals surface area contributed by atoms with Gasteiger partial charge in [0.25, 0.3) is 10.0 Å². The van der Waals surface area contributed by atoms with Gasteiger partial charge in [-0.3, -0.25) is 4.79 Å². The summed E-state index contributed by atoms with van der Waals surface area (Å²) in [5, 5.41) is 9.86. The van der Waals surface area contributed by atoms with Crippen LogP contribution in [0, 0.1) is 11.8 Å². The van der Waals surface area contributed by atoms with E-state index < -0.39 is 32.1 Å².